The van der Waals surface area contributed by atoms with Crippen molar-refractivity contribution in [2.75, 3.05) is 41.4 Å². The van der Waals surface area contributed by atoms with Crippen molar-refractivity contribution in [1.29, 1.82) is 0 Å². The number of nitrogens with one attached hydrogen (secondary N) is 2. The number of hydrogen-bond acceptors (Lipinski definition) is 5. The molecule has 0 saturated heterocycles. The lowest BCUT2D eigenvalue weighted by molar-refractivity contribution is 0.0945. The Morgan fingerprint density at radius 2 is 1.59 bits per heavy atom. The van der Waals surface area contributed by atoms with Crippen LogP contribution in [0, 0.1) is 0 Å². The zero-order valence-electron chi connectivity index (χ0n) is 17.5. The molecule has 2 rings (SSSR count). The Kier molecular flexibility index (Phi) is 8.48. The fraction of sp³-hybridized carbons (Fsp3) is 0.364. The number of ether oxygens (including phenoxy) is 2. The quantitative estimate of drug-likeness (QED) is 0.600. The normalized spacial score (nSPS) is 10.5. The van der Waals surface area contributed by atoms with Gasteiger partial charge in [0.15, 0.2) is 11.5 Å². The highest BCUT2D eigenvalue weighted by Gasteiger charge is 2.11. The zero-order valence-corrected chi connectivity index (χ0v) is 17.5. The standard InChI is InChI=1S/C22H29N3O4/c1-25(2)12-6-11-23-21(26)17-8-5-7-16(13-17)15-24-22(27)18-9-10-19(28-3)20(14-18)29-4/h5,7-10,13-14H,6,11-12,15H2,1-4H3,(H,23,26)(H,24,27). The maximum Gasteiger partial charge on any atom is 0.251 e. The van der Waals surface area contributed by atoms with Gasteiger partial charge >= 0.3 is 0 Å². The SMILES string of the molecule is COc1ccc(C(=O)NCc2cccc(C(=O)NCCCN(C)C)c2)cc1OC. The Morgan fingerprint density at radius 1 is 0.897 bits per heavy atom. The van der Waals surface area contributed by atoms with Gasteiger partial charge in [-0.3, -0.25) is 9.59 Å². The van der Waals surface area contributed by atoms with E-state index in [1.54, 1.807) is 37.4 Å². The van der Waals surface area contributed by atoms with Gasteiger partial charge < -0.3 is 25.0 Å². The smallest absolute Gasteiger partial charge is 0.251 e. The molecule has 29 heavy (non-hydrogen) atoms. The second-order valence-electron chi connectivity index (χ2n) is 6.87. The van der Waals surface area contributed by atoms with Crippen LogP contribution in [0.2, 0.25) is 0 Å². The Hall–Kier alpha value is -3.06. The number of hydrogen-bond donors (Lipinski definition) is 2. The fourth-order valence-electron chi connectivity index (χ4n) is 2.78. The summed E-state index contributed by atoms with van der Waals surface area (Å²) in [5.74, 6) is 0.711. The summed E-state index contributed by atoms with van der Waals surface area (Å²) in [7, 11) is 7.07. The number of carbonyl (C=O) groups is 2. The molecule has 2 N–H and O–H groups in total. The molecule has 0 aromatic heterocycles. The molecule has 0 fully saturated rings. The molecule has 156 valence electrons. The molecular formula is C22H29N3O4. The number of methoxy groups -OCH3 is 2. The summed E-state index contributed by atoms with van der Waals surface area (Å²) >= 11 is 0. The summed E-state index contributed by atoms with van der Waals surface area (Å²) < 4.78 is 10.4. The van der Waals surface area contributed by atoms with Crippen LogP contribution in [0.1, 0.15) is 32.7 Å². The van der Waals surface area contributed by atoms with Crippen LogP contribution >= 0.6 is 0 Å². The predicted molar refractivity (Wildman–Crippen MR) is 113 cm³/mol. The summed E-state index contributed by atoms with van der Waals surface area (Å²) in [6.45, 7) is 1.86. The molecule has 0 aliphatic heterocycles. The molecule has 2 amide bonds. The van der Waals surface area contributed by atoms with Crippen LogP contribution in [0.5, 0.6) is 11.5 Å². The molecule has 7 nitrogen and oxygen atoms in total. The third-order valence-corrected chi connectivity index (χ3v) is 4.36. The molecule has 2 aromatic carbocycles. The van der Waals surface area contributed by atoms with Crippen LogP contribution in [0.15, 0.2) is 42.5 Å². The summed E-state index contributed by atoms with van der Waals surface area (Å²) in [5, 5.41) is 5.78. The Balaban J connectivity index is 1.93. The third-order valence-electron chi connectivity index (χ3n) is 4.36. The number of amides is 2. The van der Waals surface area contributed by atoms with Crippen molar-refractivity contribution in [2.24, 2.45) is 0 Å². The van der Waals surface area contributed by atoms with Crippen LogP contribution < -0.4 is 20.1 Å². The maximum absolute atomic E-state index is 12.4. The minimum absolute atomic E-state index is 0.114. The van der Waals surface area contributed by atoms with Gasteiger partial charge in [-0.05, 0) is 63.0 Å². The largest absolute Gasteiger partial charge is 0.493 e. The van der Waals surface area contributed by atoms with E-state index in [2.05, 4.69) is 15.5 Å². The number of carbonyl (C=O) groups excluding carboxylic acids is 2. The number of benzene rings is 2. The molecule has 0 aliphatic carbocycles. The highest BCUT2D eigenvalue weighted by molar-refractivity contribution is 5.95. The molecule has 7 heteroatoms. The molecule has 2 aromatic rings. The Labute approximate surface area is 172 Å². The van der Waals surface area contributed by atoms with Crippen LogP contribution in [-0.2, 0) is 6.54 Å². The van der Waals surface area contributed by atoms with Gasteiger partial charge in [-0.2, -0.15) is 0 Å². The molecule has 0 unspecified atom stereocenters. The summed E-state index contributed by atoms with van der Waals surface area (Å²) in [4.78, 5) is 26.8. The van der Waals surface area contributed by atoms with E-state index in [1.807, 2.05) is 26.2 Å². The summed E-state index contributed by atoms with van der Waals surface area (Å²) in [5.41, 5.74) is 1.89. The second kappa shape index (κ2) is 11.1. The number of nitrogens with zero attached hydrogens (tertiary/aromatic N) is 1. The molecule has 0 aliphatic rings. The first-order valence-corrected chi connectivity index (χ1v) is 9.46. The first kappa shape index (κ1) is 22.2. The van der Waals surface area contributed by atoms with Crippen LogP contribution in [-0.4, -0.2) is 58.1 Å². The van der Waals surface area contributed by atoms with Crippen LogP contribution in [0.3, 0.4) is 0 Å². The van der Waals surface area contributed by atoms with Crippen molar-refractivity contribution in [3.8, 4) is 11.5 Å². The van der Waals surface area contributed by atoms with E-state index in [-0.39, 0.29) is 11.8 Å². The number of rotatable bonds is 10. The molecule has 0 radical (unpaired) electrons. The fourth-order valence-corrected chi connectivity index (χ4v) is 2.78. The summed E-state index contributed by atoms with van der Waals surface area (Å²) in [6.07, 6.45) is 0.889. The van der Waals surface area contributed by atoms with Gasteiger partial charge in [0, 0.05) is 24.2 Å². The lowest BCUT2D eigenvalue weighted by Gasteiger charge is -2.11. The average molecular weight is 399 g/mol. The van der Waals surface area contributed by atoms with Gasteiger partial charge in [0.25, 0.3) is 11.8 Å². The van der Waals surface area contributed by atoms with Gasteiger partial charge in [0.1, 0.15) is 0 Å². The van der Waals surface area contributed by atoms with Gasteiger partial charge in [-0.25, -0.2) is 0 Å². The first-order chi connectivity index (χ1) is 13.9. The molecular weight excluding hydrogens is 370 g/mol. The molecule has 0 spiro atoms. The van der Waals surface area contributed by atoms with Crippen molar-refractivity contribution in [3.63, 3.8) is 0 Å². The lowest BCUT2D eigenvalue weighted by atomic mass is 10.1. The highest BCUT2D eigenvalue weighted by Crippen LogP contribution is 2.27. The molecule has 0 bridgehead atoms. The predicted octanol–water partition coefficient (Wildman–Crippen LogP) is 2.32. The first-order valence-electron chi connectivity index (χ1n) is 9.46. The minimum Gasteiger partial charge on any atom is -0.493 e. The lowest BCUT2D eigenvalue weighted by Crippen LogP contribution is -2.27. The Bertz CT molecular complexity index is 837. The average Bonchev–Trinajstić information content (AvgIpc) is 2.74. The van der Waals surface area contributed by atoms with Gasteiger partial charge in [0.05, 0.1) is 14.2 Å². The molecule has 0 heterocycles. The topological polar surface area (TPSA) is 79.9 Å². The Morgan fingerprint density at radius 3 is 2.28 bits per heavy atom. The van der Waals surface area contributed by atoms with E-state index < -0.39 is 0 Å². The zero-order chi connectivity index (χ0) is 21.2. The third kappa shape index (κ3) is 6.80. The monoisotopic (exact) mass is 399 g/mol. The van der Waals surface area contributed by atoms with E-state index >= 15 is 0 Å². The van der Waals surface area contributed by atoms with Gasteiger partial charge in [-0.1, -0.05) is 12.1 Å². The van der Waals surface area contributed by atoms with Crippen LogP contribution in [0.4, 0.5) is 0 Å². The summed E-state index contributed by atoms with van der Waals surface area (Å²) in [6, 6.07) is 12.2. The van der Waals surface area contributed by atoms with Gasteiger partial charge in [0.2, 0.25) is 0 Å². The van der Waals surface area contributed by atoms with Crippen molar-refractivity contribution in [3.05, 3.63) is 59.2 Å². The van der Waals surface area contributed by atoms with Crippen molar-refractivity contribution in [1.82, 2.24) is 15.5 Å². The van der Waals surface area contributed by atoms with Crippen LogP contribution in [0.25, 0.3) is 0 Å². The van der Waals surface area contributed by atoms with E-state index in [4.69, 9.17) is 9.47 Å². The van der Waals surface area contributed by atoms with Crippen molar-refractivity contribution < 1.29 is 19.1 Å². The minimum atomic E-state index is -0.232. The second-order valence-corrected chi connectivity index (χ2v) is 6.87. The van der Waals surface area contributed by atoms with Gasteiger partial charge in [-0.15, -0.1) is 0 Å². The maximum atomic E-state index is 12.4. The highest BCUT2D eigenvalue weighted by atomic mass is 16.5. The van der Waals surface area contributed by atoms with E-state index in [0.717, 1.165) is 18.5 Å². The molecule has 0 atom stereocenters. The van der Waals surface area contributed by atoms with E-state index in [1.165, 1.54) is 7.11 Å². The van der Waals surface area contributed by atoms with E-state index in [9.17, 15) is 9.59 Å². The van der Waals surface area contributed by atoms with Crippen molar-refractivity contribution >= 4 is 11.8 Å². The molecule has 0 saturated carbocycles. The van der Waals surface area contributed by atoms with Crippen molar-refractivity contribution in [2.45, 2.75) is 13.0 Å². The van der Waals surface area contributed by atoms with E-state index in [0.29, 0.717) is 35.7 Å².